The van der Waals surface area contributed by atoms with Crippen molar-refractivity contribution < 1.29 is 9.34 Å². The van der Waals surface area contributed by atoms with Gasteiger partial charge >= 0.3 is 5.63 Å². The van der Waals surface area contributed by atoms with Gasteiger partial charge in [-0.15, -0.1) is 0 Å². The second-order valence-electron chi connectivity index (χ2n) is 4.11. The van der Waals surface area contributed by atoms with Crippen LogP contribution in [0.4, 0.5) is 5.69 Å². The molecular weight excluding hydrogens is 298 g/mol. The fraction of sp³-hybridized carbons (Fsp3) is 0. The molecule has 0 unspecified atom stereocenters. The van der Waals surface area contributed by atoms with Crippen molar-refractivity contribution in [3.05, 3.63) is 62.2 Å². The van der Waals surface area contributed by atoms with Gasteiger partial charge in [-0.25, -0.2) is 14.8 Å². The van der Waals surface area contributed by atoms with Gasteiger partial charge in [0.05, 0.1) is 21.4 Å². The summed E-state index contributed by atoms with van der Waals surface area (Å²) in [6.07, 6.45) is 1.49. The second-order valence-corrected chi connectivity index (χ2v) is 4.46. The monoisotopic (exact) mass is 303 g/mol. The number of nitro groups is 1. The molecule has 2 heterocycles. The molecule has 104 valence electrons. The lowest BCUT2D eigenvalue weighted by atomic mass is 10.2. The molecule has 0 saturated heterocycles. The zero-order chi connectivity index (χ0) is 15.0. The molecule has 0 bridgehead atoms. The van der Waals surface area contributed by atoms with Crippen LogP contribution < -0.4 is 5.63 Å². The first-order valence-corrected chi connectivity index (χ1v) is 6.14. The van der Waals surface area contributed by atoms with Crippen molar-refractivity contribution in [2.24, 2.45) is 0 Å². The van der Waals surface area contributed by atoms with Crippen LogP contribution in [0.5, 0.6) is 0 Å². The molecular formula is C13H6ClN3O4. The van der Waals surface area contributed by atoms with E-state index in [1.165, 1.54) is 18.3 Å². The van der Waals surface area contributed by atoms with E-state index in [9.17, 15) is 14.9 Å². The third-order valence-electron chi connectivity index (χ3n) is 2.81. The molecule has 7 nitrogen and oxygen atoms in total. The predicted octanol–water partition coefficient (Wildman–Crippen LogP) is 2.81. The number of nitrogens with zero attached hydrogens (tertiary/aromatic N) is 3. The van der Waals surface area contributed by atoms with Crippen molar-refractivity contribution in [2.45, 2.75) is 0 Å². The molecule has 0 spiro atoms. The third-order valence-corrected chi connectivity index (χ3v) is 3.11. The average Bonchev–Trinajstić information content (AvgIpc) is 2.47. The van der Waals surface area contributed by atoms with E-state index in [0.29, 0.717) is 5.56 Å². The van der Waals surface area contributed by atoms with Gasteiger partial charge in [-0.05, 0) is 18.2 Å². The molecule has 3 aromatic rings. The molecule has 0 N–H and O–H groups in total. The quantitative estimate of drug-likeness (QED) is 0.410. The molecule has 0 atom stereocenters. The Morgan fingerprint density at radius 2 is 2.10 bits per heavy atom. The van der Waals surface area contributed by atoms with E-state index in [2.05, 4.69) is 9.97 Å². The fourth-order valence-corrected chi connectivity index (χ4v) is 2.03. The standard InChI is InChI=1S/C13H6ClN3O4/c14-11-8(2-1-5-15-11)12-16-10-4-3-7(17(19)20)6-9(10)13(18)21-12/h1-6H. The highest BCUT2D eigenvalue weighted by Gasteiger charge is 2.14. The molecule has 0 aliphatic carbocycles. The highest BCUT2D eigenvalue weighted by molar-refractivity contribution is 6.31. The Hall–Kier alpha value is -2.80. The minimum atomic E-state index is -0.724. The number of benzene rings is 1. The molecule has 0 fully saturated rings. The van der Waals surface area contributed by atoms with Crippen LogP contribution in [-0.2, 0) is 0 Å². The van der Waals surface area contributed by atoms with Crippen LogP contribution in [0, 0.1) is 10.1 Å². The Morgan fingerprint density at radius 3 is 2.81 bits per heavy atom. The molecule has 0 aliphatic heterocycles. The van der Waals surface area contributed by atoms with Crippen LogP contribution in [0.2, 0.25) is 5.15 Å². The summed E-state index contributed by atoms with van der Waals surface area (Å²) in [4.78, 5) is 30.1. The molecule has 3 rings (SSSR count). The summed E-state index contributed by atoms with van der Waals surface area (Å²) in [5.41, 5.74) is -0.273. The Labute approximate surface area is 122 Å². The van der Waals surface area contributed by atoms with Crippen molar-refractivity contribution in [3.63, 3.8) is 0 Å². The fourth-order valence-electron chi connectivity index (χ4n) is 1.83. The Bertz CT molecular complexity index is 923. The number of nitro benzene ring substituents is 1. The van der Waals surface area contributed by atoms with Crippen molar-refractivity contribution in [3.8, 4) is 11.5 Å². The SMILES string of the molecule is O=c1oc(-c2cccnc2Cl)nc2ccc([N+](=O)[O-])cc12. The second kappa shape index (κ2) is 4.95. The van der Waals surface area contributed by atoms with Crippen LogP contribution in [0.3, 0.4) is 0 Å². The Kier molecular flexibility index (Phi) is 3.11. The first-order chi connectivity index (χ1) is 10.1. The van der Waals surface area contributed by atoms with E-state index in [0.717, 1.165) is 6.07 Å². The number of rotatable bonds is 2. The lowest BCUT2D eigenvalue weighted by Crippen LogP contribution is -2.04. The van der Waals surface area contributed by atoms with Gasteiger partial charge in [-0.3, -0.25) is 10.1 Å². The summed E-state index contributed by atoms with van der Waals surface area (Å²) in [5.74, 6) is 0.0134. The van der Waals surface area contributed by atoms with E-state index >= 15 is 0 Å². The highest BCUT2D eigenvalue weighted by atomic mass is 35.5. The molecule has 21 heavy (non-hydrogen) atoms. The first kappa shape index (κ1) is 13.2. The summed E-state index contributed by atoms with van der Waals surface area (Å²) in [6.45, 7) is 0. The van der Waals surface area contributed by atoms with E-state index in [1.54, 1.807) is 12.1 Å². The van der Waals surface area contributed by atoms with Crippen molar-refractivity contribution in [2.75, 3.05) is 0 Å². The van der Waals surface area contributed by atoms with E-state index in [4.69, 9.17) is 16.0 Å². The lowest BCUT2D eigenvalue weighted by Gasteiger charge is -2.02. The van der Waals surface area contributed by atoms with E-state index in [-0.39, 0.29) is 27.6 Å². The van der Waals surface area contributed by atoms with Gasteiger partial charge < -0.3 is 4.42 Å². The maximum Gasteiger partial charge on any atom is 0.347 e. The van der Waals surface area contributed by atoms with Crippen molar-refractivity contribution in [1.82, 2.24) is 9.97 Å². The van der Waals surface area contributed by atoms with Gasteiger partial charge in [-0.2, -0.15) is 0 Å². The lowest BCUT2D eigenvalue weighted by molar-refractivity contribution is -0.384. The van der Waals surface area contributed by atoms with E-state index < -0.39 is 10.5 Å². The maximum absolute atomic E-state index is 12.0. The van der Waals surface area contributed by atoms with Gasteiger partial charge in [0, 0.05) is 18.3 Å². The van der Waals surface area contributed by atoms with Gasteiger partial charge in [0.1, 0.15) is 5.15 Å². The number of aromatic nitrogens is 2. The van der Waals surface area contributed by atoms with Gasteiger partial charge in [0.15, 0.2) is 0 Å². The van der Waals surface area contributed by atoms with Crippen molar-refractivity contribution in [1.29, 1.82) is 0 Å². The van der Waals surface area contributed by atoms with Crippen LogP contribution in [-0.4, -0.2) is 14.9 Å². The number of non-ortho nitro benzene ring substituents is 1. The first-order valence-electron chi connectivity index (χ1n) is 5.76. The summed E-state index contributed by atoms with van der Waals surface area (Å²) < 4.78 is 5.08. The zero-order valence-electron chi connectivity index (χ0n) is 10.3. The molecule has 0 aliphatic rings. The highest BCUT2D eigenvalue weighted by Crippen LogP contribution is 2.25. The molecule has 0 saturated carbocycles. The van der Waals surface area contributed by atoms with Crippen LogP contribution in [0.1, 0.15) is 0 Å². The van der Waals surface area contributed by atoms with E-state index in [1.807, 2.05) is 0 Å². The normalized spacial score (nSPS) is 10.7. The average molecular weight is 304 g/mol. The maximum atomic E-state index is 12.0. The minimum Gasteiger partial charge on any atom is -0.403 e. The summed E-state index contributed by atoms with van der Waals surface area (Å²) in [7, 11) is 0. The van der Waals surface area contributed by atoms with Gasteiger partial charge in [-0.1, -0.05) is 11.6 Å². The van der Waals surface area contributed by atoms with Gasteiger partial charge in [0.2, 0.25) is 5.89 Å². The number of fused-ring (bicyclic) bond motifs is 1. The van der Waals surface area contributed by atoms with Gasteiger partial charge in [0.25, 0.3) is 5.69 Å². The smallest absolute Gasteiger partial charge is 0.347 e. The molecule has 8 heteroatoms. The zero-order valence-corrected chi connectivity index (χ0v) is 11.1. The van der Waals surface area contributed by atoms with Crippen LogP contribution in [0.25, 0.3) is 22.4 Å². The Morgan fingerprint density at radius 1 is 1.29 bits per heavy atom. The van der Waals surface area contributed by atoms with Crippen LogP contribution >= 0.6 is 11.6 Å². The number of hydrogen-bond acceptors (Lipinski definition) is 6. The molecule has 2 aromatic heterocycles. The molecule has 0 amide bonds. The van der Waals surface area contributed by atoms with Crippen LogP contribution in [0.15, 0.2) is 45.7 Å². The number of hydrogen-bond donors (Lipinski definition) is 0. The summed E-state index contributed by atoms with van der Waals surface area (Å²) >= 11 is 5.93. The Balaban J connectivity index is 2.26. The summed E-state index contributed by atoms with van der Waals surface area (Å²) in [5, 5.41) is 10.9. The third kappa shape index (κ3) is 2.34. The number of halogens is 1. The van der Waals surface area contributed by atoms with Crippen molar-refractivity contribution >= 4 is 28.2 Å². The molecule has 1 aromatic carbocycles. The largest absolute Gasteiger partial charge is 0.403 e. The number of pyridine rings is 1. The minimum absolute atomic E-state index is 0.0134. The topological polar surface area (TPSA) is 99.1 Å². The molecule has 0 radical (unpaired) electrons. The summed E-state index contributed by atoms with van der Waals surface area (Å²) in [6, 6.07) is 7.02. The predicted molar refractivity (Wildman–Crippen MR) is 75.2 cm³/mol.